The Hall–Kier alpha value is -0.930. The Morgan fingerprint density at radius 3 is 2.88 bits per heavy atom. The molecule has 0 aliphatic carbocycles. The van der Waals surface area contributed by atoms with Crippen LogP contribution in [0.2, 0.25) is 0 Å². The fourth-order valence-electron chi connectivity index (χ4n) is 2.47. The van der Waals surface area contributed by atoms with Gasteiger partial charge in [0.2, 0.25) is 0 Å². The van der Waals surface area contributed by atoms with E-state index < -0.39 is 0 Å². The van der Waals surface area contributed by atoms with E-state index >= 15 is 0 Å². The molecular formula is C13H21N3. The van der Waals surface area contributed by atoms with Crippen molar-refractivity contribution in [2.24, 2.45) is 0 Å². The highest BCUT2D eigenvalue weighted by Crippen LogP contribution is 2.29. The van der Waals surface area contributed by atoms with Gasteiger partial charge in [0.25, 0.3) is 0 Å². The Kier molecular flexibility index (Phi) is 3.26. The van der Waals surface area contributed by atoms with Gasteiger partial charge in [-0.2, -0.15) is 0 Å². The van der Waals surface area contributed by atoms with Crippen LogP contribution in [0.4, 0.5) is 0 Å². The van der Waals surface area contributed by atoms with Crippen LogP contribution in [0, 0.1) is 0 Å². The van der Waals surface area contributed by atoms with Crippen molar-refractivity contribution < 1.29 is 0 Å². The number of aromatic nitrogens is 1. The van der Waals surface area contributed by atoms with E-state index in [1.54, 1.807) is 0 Å². The Balaban J connectivity index is 2.05. The van der Waals surface area contributed by atoms with Gasteiger partial charge in [0.05, 0.1) is 5.69 Å². The minimum Gasteiger partial charge on any atom is -0.316 e. The second-order valence-corrected chi connectivity index (χ2v) is 5.20. The Labute approximate surface area is 97.9 Å². The molecule has 1 unspecified atom stereocenters. The zero-order valence-electron chi connectivity index (χ0n) is 10.4. The fraction of sp³-hybridized carbons (Fsp3) is 0.615. The van der Waals surface area contributed by atoms with Gasteiger partial charge in [-0.25, -0.2) is 0 Å². The van der Waals surface area contributed by atoms with Crippen LogP contribution < -0.4 is 5.32 Å². The van der Waals surface area contributed by atoms with Gasteiger partial charge in [-0.15, -0.1) is 0 Å². The highest BCUT2D eigenvalue weighted by Gasteiger charge is 2.37. The predicted octanol–water partition coefficient (Wildman–Crippen LogP) is 1.65. The predicted molar refractivity (Wildman–Crippen MR) is 66.2 cm³/mol. The number of likely N-dealkylation sites (N-methyl/N-ethyl adjacent to an activating group) is 1. The molecule has 2 rings (SSSR count). The number of rotatable bonds is 3. The van der Waals surface area contributed by atoms with Crippen LogP contribution in [-0.4, -0.2) is 35.1 Å². The van der Waals surface area contributed by atoms with Gasteiger partial charge in [-0.05, 0) is 39.4 Å². The molecule has 1 saturated heterocycles. The third-order valence-electron chi connectivity index (χ3n) is 3.53. The molecule has 0 spiro atoms. The number of likely N-dealkylation sites (tertiary alicyclic amines) is 1. The van der Waals surface area contributed by atoms with E-state index in [-0.39, 0.29) is 5.54 Å². The van der Waals surface area contributed by atoms with Gasteiger partial charge < -0.3 is 5.32 Å². The minimum absolute atomic E-state index is 0.269. The van der Waals surface area contributed by atoms with Crippen molar-refractivity contribution in [1.82, 2.24) is 15.2 Å². The largest absolute Gasteiger partial charge is 0.316 e. The van der Waals surface area contributed by atoms with Crippen LogP contribution in [0.1, 0.15) is 26.0 Å². The zero-order chi connectivity index (χ0) is 11.6. The smallest absolute Gasteiger partial charge is 0.0544 e. The van der Waals surface area contributed by atoms with E-state index in [0.29, 0.717) is 6.04 Å². The summed E-state index contributed by atoms with van der Waals surface area (Å²) in [5, 5.41) is 3.37. The Morgan fingerprint density at radius 1 is 1.50 bits per heavy atom. The van der Waals surface area contributed by atoms with E-state index in [0.717, 1.165) is 18.8 Å². The molecule has 1 atom stereocenters. The van der Waals surface area contributed by atoms with Gasteiger partial charge in [0.15, 0.2) is 0 Å². The second kappa shape index (κ2) is 4.52. The quantitative estimate of drug-likeness (QED) is 0.838. The summed E-state index contributed by atoms with van der Waals surface area (Å²) >= 11 is 0. The molecule has 1 aromatic heterocycles. The van der Waals surface area contributed by atoms with Gasteiger partial charge in [0, 0.05) is 30.9 Å². The van der Waals surface area contributed by atoms with Crippen LogP contribution in [0.25, 0.3) is 0 Å². The molecule has 16 heavy (non-hydrogen) atoms. The van der Waals surface area contributed by atoms with E-state index in [1.807, 2.05) is 19.3 Å². The third kappa shape index (κ3) is 2.42. The first-order valence-corrected chi connectivity index (χ1v) is 5.94. The Morgan fingerprint density at radius 2 is 2.31 bits per heavy atom. The molecule has 88 valence electrons. The lowest BCUT2D eigenvalue weighted by molar-refractivity contribution is 0.164. The van der Waals surface area contributed by atoms with Crippen molar-refractivity contribution in [3.63, 3.8) is 0 Å². The summed E-state index contributed by atoms with van der Waals surface area (Å²) in [5.74, 6) is 0. The lowest BCUT2D eigenvalue weighted by atomic mass is 10.0. The molecule has 1 aliphatic heterocycles. The molecule has 2 heterocycles. The van der Waals surface area contributed by atoms with Crippen LogP contribution >= 0.6 is 0 Å². The van der Waals surface area contributed by atoms with E-state index in [1.165, 1.54) is 6.42 Å². The standard InChI is InChI=1S/C13H21N3/c1-13(2)8-12(14-3)10-16(13)9-11-6-4-5-7-15-11/h4-7,12,14H,8-10H2,1-3H3. The SMILES string of the molecule is CNC1CN(Cc2ccccn2)C(C)(C)C1. The number of hydrogen-bond acceptors (Lipinski definition) is 3. The van der Waals surface area contributed by atoms with E-state index in [4.69, 9.17) is 0 Å². The average molecular weight is 219 g/mol. The summed E-state index contributed by atoms with van der Waals surface area (Å²) in [4.78, 5) is 6.91. The van der Waals surface area contributed by atoms with Crippen molar-refractivity contribution in [2.75, 3.05) is 13.6 Å². The number of pyridine rings is 1. The molecular weight excluding hydrogens is 198 g/mol. The van der Waals surface area contributed by atoms with Crippen LogP contribution in [-0.2, 0) is 6.54 Å². The van der Waals surface area contributed by atoms with Gasteiger partial charge in [-0.3, -0.25) is 9.88 Å². The molecule has 0 aromatic carbocycles. The Bertz CT molecular complexity index is 334. The van der Waals surface area contributed by atoms with Crippen LogP contribution in [0.5, 0.6) is 0 Å². The normalized spacial score (nSPS) is 24.8. The topological polar surface area (TPSA) is 28.2 Å². The molecule has 3 heteroatoms. The van der Waals surface area contributed by atoms with Gasteiger partial charge in [0.1, 0.15) is 0 Å². The van der Waals surface area contributed by atoms with Crippen molar-refractivity contribution in [2.45, 2.75) is 38.4 Å². The maximum Gasteiger partial charge on any atom is 0.0544 e. The fourth-order valence-corrected chi connectivity index (χ4v) is 2.47. The van der Waals surface area contributed by atoms with Crippen LogP contribution in [0.15, 0.2) is 24.4 Å². The summed E-state index contributed by atoms with van der Waals surface area (Å²) in [7, 11) is 2.05. The summed E-state index contributed by atoms with van der Waals surface area (Å²) in [6.07, 6.45) is 3.07. The maximum absolute atomic E-state index is 4.40. The monoisotopic (exact) mass is 219 g/mol. The molecule has 1 N–H and O–H groups in total. The molecule has 3 nitrogen and oxygen atoms in total. The first-order chi connectivity index (χ1) is 7.62. The first kappa shape index (κ1) is 11.6. The lowest BCUT2D eigenvalue weighted by Crippen LogP contribution is -2.37. The molecule has 0 radical (unpaired) electrons. The number of nitrogens with zero attached hydrogens (tertiary/aromatic N) is 2. The van der Waals surface area contributed by atoms with Crippen molar-refractivity contribution >= 4 is 0 Å². The summed E-state index contributed by atoms with van der Waals surface area (Å²) in [5.41, 5.74) is 1.43. The van der Waals surface area contributed by atoms with E-state index in [2.05, 4.69) is 41.2 Å². The number of hydrogen-bond donors (Lipinski definition) is 1. The zero-order valence-corrected chi connectivity index (χ0v) is 10.4. The summed E-state index contributed by atoms with van der Waals surface area (Å²) in [6.45, 7) is 6.69. The third-order valence-corrected chi connectivity index (χ3v) is 3.53. The summed E-state index contributed by atoms with van der Waals surface area (Å²) in [6, 6.07) is 6.73. The van der Waals surface area contributed by atoms with E-state index in [9.17, 15) is 0 Å². The molecule has 0 amide bonds. The molecule has 0 bridgehead atoms. The minimum atomic E-state index is 0.269. The first-order valence-electron chi connectivity index (χ1n) is 5.94. The molecule has 1 fully saturated rings. The van der Waals surface area contributed by atoms with Crippen molar-refractivity contribution in [3.8, 4) is 0 Å². The second-order valence-electron chi connectivity index (χ2n) is 5.20. The molecule has 1 aromatic rings. The lowest BCUT2D eigenvalue weighted by Gasteiger charge is -2.30. The maximum atomic E-state index is 4.40. The highest BCUT2D eigenvalue weighted by molar-refractivity contribution is 5.06. The molecule has 0 saturated carbocycles. The van der Waals surface area contributed by atoms with Crippen molar-refractivity contribution in [1.29, 1.82) is 0 Å². The highest BCUT2D eigenvalue weighted by atomic mass is 15.2. The van der Waals surface area contributed by atoms with Gasteiger partial charge in [-0.1, -0.05) is 6.07 Å². The average Bonchev–Trinajstić information content (AvgIpc) is 2.55. The molecule has 1 aliphatic rings. The van der Waals surface area contributed by atoms with Gasteiger partial charge >= 0.3 is 0 Å². The van der Waals surface area contributed by atoms with Crippen molar-refractivity contribution in [3.05, 3.63) is 30.1 Å². The van der Waals surface area contributed by atoms with Crippen LogP contribution in [0.3, 0.4) is 0 Å². The number of nitrogens with one attached hydrogen (secondary N) is 1. The summed E-state index contributed by atoms with van der Waals surface area (Å²) < 4.78 is 0.